The number of methoxy groups -OCH3 is 1. The number of carbonyl (C=O) groups is 2. The van der Waals surface area contributed by atoms with E-state index in [0.29, 0.717) is 31.3 Å². The van der Waals surface area contributed by atoms with Gasteiger partial charge in [0.05, 0.1) is 31.9 Å². The van der Waals surface area contributed by atoms with Crippen molar-refractivity contribution >= 4 is 11.9 Å². The van der Waals surface area contributed by atoms with Gasteiger partial charge in [-0.05, 0) is 6.92 Å². The highest BCUT2D eigenvalue weighted by molar-refractivity contribution is 5.92. The van der Waals surface area contributed by atoms with Gasteiger partial charge in [0.1, 0.15) is 0 Å². The molecule has 7 nitrogen and oxygen atoms in total. The minimum Gasteiger partial charge on any atom is -0.469 e. The van der Waals surface area contributed by atoms with Crippen LogP contribution in [-0.4, -0.2) is 54.7 Å². The number of morpholine rings is 1. The van der Waals surface area contributed by atoms with Gasteiger partial charge in [0.25, 0.3) is 5.91 Å². The first-order chi connectivity index (χ1) is 9.51. The van der Waals surface area contributed by atoms with Gasteiger partial charge in [-0.25, -0.2) is 4.98 Å². The minimum absolute atomic E-state index is 0.134. The van der Waals surface area contributed by atoms with Gasteiger partial charge in [-0.3, -0.25) is 9.59 Å². The van der Waals surface area contributed by atoms with Gasteiger partial charge in [0.2, 0.25) is 5.76 Å². The average molecular weight is 282 g/mol. The van der Waals surface area contributed by atoms with Crippen molar-refractivity contribution in [3.05, 3.63) is 17.3 Å². The molecule has 1 saturated heterocycles. The molecule has 1 aliphatic rings. The largest absolute Gasteiger partial charge is 0.469 e. The summed E-state index contributed by atoms with van der Waals surface area (Å²) in [6.45, 7) is 4.63. The lowest BCUT2D eigenvalue weighted by Crippen LogP contribution is -2.46. The molecule has 20 heavy (non-hydrogen) atoms. The second-order valence-corrected chi connectivity index (χ2v) is 4.67. The number of aromatic nitrogens is 1. The Kier molecular flexibility index (Phi) is 4.39. The smallest absolute Gasteiger partial charge is 0.308 e. The lowest BCUT2D eigenvalue weighted by molar-refractivity contribution is -0.145. The summed E-state index contributed by atoms with van der Waals surface area (Å²) in [4.78, 5) is 29.3. The van der Waals surface area contributed by atoms with E-state index in [1.807, 2.05) is 0 Å². The van der Waals surface area contributed by atoms with E-state index >= 15 is 0 Å². The van der Waals surface area contributed by atoms with E-state index in [2.05, 4.69) is 9.72 Å². The molecule has 7 heteroatoms. The van der Waals surface area contributed by atoms with Crippen LogP contribution in [0.5, 0.6) is 0 Å². The number of nitrogens with zero attached hydrogens (tertiary/aromatic N) is 2. The summed E-state index contributed by atoms with van der Waals surface area (Å²) < 4.78 is 15.4. The molecule has 0 aliphatic carbocycles. The number of esters is 1. The van der Waals surface area contributed by atoms with Crippen LogP contribution in [0.2, 0.25) is 0 Å². The fourth-order valence-corrected chi connectivity index (χ4v) is 2.17. The van der Waals surface area contributed by atoms with E-state index in [1.165, 1.54) is 7.11 Å². The molecule has 0 bridgehead atoms. The van der Waals surface area contributed by atoms with Gasteiger partial charge in [-0.2, -0.15) is 0 Å². The predicted octanol–water partition coefficient (Wildman–Crippen LogP) is 0.696. The van der Waals surface area contributed by atoms with Crippen LogP contribution < -0.4 is 0 Å². The fourth-order valence-electron chi connectivity index (χ4n) is 2.17. The zero-order valence-electron chi connectivity index (χ0n) is 11.8. The molecule has 110 valence electrons. The lowest BCUT2D eigenvalue weighted by Gasteiger charge is -2.31. The highest BCUT2D eigenvalue weighted by atomic mass is 16.5. The van der Waals surface area contributed by atoms with Crippen LogP contribution >= 0.6 is 0 Å². The Labute approximate surface area is 116 Å². The molecule has 0 aromatic carbocycles. The SMILES string of the molecule is COC(=O)CC1CN(C(=O)c2oc(C)nc2C)CCO1. The standard InChI is InChI=1S/C13H18N2O5/c1-8-12(20-9(2)14-8)13(17)15-4-5-19-10(7-15)6-11(16)18-3/h10H,4-7H2,1-3H3. The molecule has 1 amide bonds. The predicted molar refractivity (Wildman–Crippen MR) is 68.3 cm³/mol. The average Bonchev–Trinajstić information content (AvgIpc) is 2.77. The first kappa shape index (κ1) is 14.5. The van der Waals surface area contributed by atoms with Crippen molar-refractivity contribution in [3.63, 3.8) is 0 Å². The Morgan fingerprint density at radius 3 is 2.80 bits per heavy atom. The number of oxazole rings is 1. The third-order valence-corrected chi connectivity index (χ3v) is 3.15. The number of amides is 1. The Morgan fingerprint density at radius 2 is 2.20 bits per heavy atom. The Bertz CT molecular complexity index is 511. The summed E-state index contributed by atoms with van der Waals surface area (Å²) in [5.41, 5.74) is 0.573. The third-order valence-electron chi connectivity index (χ3n) is 3.15. The van der Waals surface area contributed by atoms with E-state index in [-0.39, 0.29) is 30.2 Å². The maximum Gasteiger partial charge on any atom is 0.308 e. The highest BCUT2D eigenvalue weighted by Crippen LogP contribution is 2.16. The summed E-state index contributed by atoms with van der Waals surface area (Å²) in [5.74, 6) is 0.142. The molecular weight excluding hydrogens is 264 g/mol. The number of aryl methyl sites for hydroxylation is 2. The first-order valence-corrected chi connectivity index (χ1v) is 6.43. The van der Waals surface area contributed by atoms with Crippen LogP contribution in [0.3, 0.4) is 0 Å². The molecule has 0 saturated carbocycles. The van der Waals surface area contributed by atoms with Crippen molar-refractivity contribution in [1.29, 1.82) is 0 Å². The normalized spacial score (nSPS) is 18.9. The molecule has 2 rings (SSSR count). The molecule has 0 N–H and O–H groups in total. The summed E-state index contributed by atoms with van der Waals surface area (Å²) in [6, 6.07) is 0. The Balaban J connectivity index is 2.03. The van der Waals surface area contributed by atoms with Crippen molar-refractivity contribution < 1.29 is 23.5 Å². The number of hydrogen-bond donors (Lipinski definition) is 0. The number of rotatable bonds is 3. The zero-order valence-corrected chi connectivity index (χ0v) is 11.8. The maximum atomic E-state index is 12.4. The fraction of sp³-hybridized carbons (Fsp3) is 0.615. The second kappa shape index (κ2) is 6.04. The third kappa shape index (κ3) is 3.16. The molecule has 2 heterocycles. The van der Waals surface area contributed by atoms with Gasteiger partial charge >= 0.3 is 5.97 Å². The molecule has 1 aromatic heterocycles. The summed E-state index contributed by atoms with van der Waals surface area (Å²) in [5, 5.41) is 0. The monoisotopic (exact) mass is 282 g/mol. The van der Waals surface area contributed by atoms with Crippen molar-refractivity contribution in [2.75, 3.05) is 26.8 Å². The number of carbonyl (C=O) groups excluding carboxylic acids is 2. The molecule has 1 unspecified atom stereocenters. The summed E-state index contributed by atoms with van der Waals surface area (Å²) in [6.07, 6.45) is -0.209. The van der Waals surface area contributed by atoms with Crippen LogP contribution in [0.15, 0.2) is 4.42 Å². The first-order valence-electron chi connectivity index (χ1n) is 6.43. The van der Waals surface area contributed by atoms with E-state index in [0.717, 1.165) is 0 Å². The van der Waals surface area contributed by atoms with Crippen LogP contribution in [-0.2, 0) is 14.3 Å². The topological polar surface area (TPSA) is 81.9 Å². The van der Waals surface area contributed by atoms with Crippen molar-refractivity contribution in [1.82, 2.24) is 9.88 Å². The molecular formula is C13H18N2O5. The maximum absolute atomic E-state index is 12.4. The van der Waals surface area contributed by atoms with Gasteiger partial charge in [-0.15, -0.1) is 0 Å². The molecule has 1 aliphatic heterocycles. The lowest BCUT2D eigenvalue weighted by atomic mass is 10.2. The summed E-state index contributed by atoms with van der Waals surface area (Å²) in [7, 11) is 1.33. The Hall–Kier alpha value is -1.89. The quantitative estimate of drug-likeness (QED) is 0.759. The van der Waals surface area contributed by atoms with Gasteiger partial charge in [0.15, 0.2) is 5.89 Å². The van der Waals surface area contributed by atoms with Crippen molar-refractivity contribution in [3.8, 4) is 0 Å². The van der Waals surface area contributed by atoms with Crippen LogP contribution in [0, 0.1) is 13.8 Å². The molecule has 0 spiro atoms. The van der Waals surface area contributed by atoms with E-state index < -0.39 is 0 Å². The van der Waals surface area contributed by atoms with E-state index in [4.69, 9.17) is 9.15 Å². The van der Waals surface area contributed by atoms with Crippen molar-refractivity contribution in [2.45, 2.75) is 26.4 Å². The second-order valence-electron chi connectivity index (χ2n) is 4.67. The number of hydrogen-bond acceptors (Lipinski definition) is 6. The van der Waals surface area contributed by atoms with Crippen LogP contribution in [0.25, 0.3) is 0 Å². The van der Waals surface area contributed by atoms with Gasteiger partial charge in [-0.1, -0.05) is 0 Å². The van der Waals surface area contributed by atoms with Gasteiger partial charge in [0, 0.05) is 20.0 Å². The molecule has 0 radical (unpaired) electrons. The summed E-state index contributed by atoms with van der Waals surface area (Å²) >= 11 is 0. The van der Waals surface area contributed by atoms with E-state index in [9.17, 15) is 9.59 Å². The van der Waals surface area contributed by atoms with E-state index in [1.54, 1.807) is 18.7 Å². The molecule has 1 fully saturated rings. The minimum atomic E-state index is -0.351. The van der Waals surface area contributed by atoms with Crippen LogP contribution in [0.1, 0.15) is 28.6 Å². The molecule has 1 aromatic rings. The number of ether oxygens (including phenoxy) is 2. The Morgan fingerprint density at radius 1 is 1.45 bits per heavy atom. The van der Waals surface area contributed by atoms with Crippen molar-refractivity contribution in [2.24, 2.45) is 0 Å². The highest BCUT2D eigenvalue weighted by Gasteiger charge is 2.29. The zero-order chi connectivity index (χ0) is 14.7. The van der Waals surface area contributed by atoms with Gasteiger partial charge < -0.3 is 18.8 Å². The van der Waals surface area contributed by atoms with Crippen LogP contribution in [0.4, 0.5) is 0 Å². The molecule has 1 atom stereocenters.